The third-order valence-corrected chi connectivity index (χ3v) is 3.69. The lowest BCUT2D eigenvalue weighted by atomic mass is 10.0. The number of halogens is 1. The van der Waals surface area contributed by atoms with E-state index in [1.54, 1.807) is 7.11 Å². The predicted molar refractivity (Wildman–Crippen MR) is 76.5 cm³/mol. The van der Waals surface area contributed by atoms with Gasteiger partial charge in [0, 0.05) is 10.5 Å². The molecule has 0 bridgehead atoms. The first kappa shape index (κ1) is 14.5. The highest BCUT2D eigenvalue weighted by Gasteiger charge is 2.08. The van der Waals surface area contributed by atoms with Gasteiger partial charge < -0.3 is 10.5 Å². The Morgan fingerprint density at radius 3 is 2.76 bits per heavy atom. The summed E-state index contributed by atoms with van der Waals surface area (Å²) in [6, 6.07) is 6.28. The van der Waals surface area contributed by atoms with Gasteiger partial charge in [0.05, 0.1) is 7.11 Å². The molecule has 0 fully saturated rings. The van der Waals surface area contributed by atoms with E-state index in [1.165, 1.54) is 24.8 Å². The predicted octanol–water partition coefficient (Wildman–Crippen LogP) is 3.91. The van der Waals surface area contributed by atoms with Gasteiger partial charge in [0.1, 0.15) is 5.75 Å². The Morgan fingerprint density at radius 1 is 1.35 bits per heavy atom. The maximum absolute atomic E-state index is 6.15. The van der Waals surface area contributed by atoms with Gasteiger partial charge in [-0.1, -0.05) is 42.1 Å². The molecule has 0 radical (unpaired) electrons. The Morgan fingerprint density at radius 2 is 2.12 bits per heavy atom. The number of hydrogen-bond donors (Lipinski definition) is 1. The molecule has 0 saturated heterocycles. The molecule has 2 N–H and O–H groups in total. The van der Waals surface area contributed by atoms with E-state index in [1.807, 2.05) is 12.1 Å². The zero-order valence-corrected chi connectivity index (χ0v) is 12.3. The normalized spacial score (nSPS) is 12.5. The van der Waals surface area contributed by atoms with Crippen LogP contribution in [-0.2, 0) is 6.42 Å². The Labute approximate surface area is 113 Å². The van der Waals surface area contributed by atoms with Crippen molar-refractivity contribution in [2.75, 3.05) is 7.11 Å². The topological polar surface area (TPSA) is 35.2 Å². The highest BCUT2D eigenvalue weighted by molar-refractivity contribution is 9.10. The first-order chi connectivity index (χ1) is 8.17. The fourth-order valence-corrected chi connectivity index (χ4v) is 2.28. The second kappa shape index (κ2) is 7.72. The van der Waals surface area contributed by atoms with Gasteiger partial charge in [-0.25, -0.2) is 0 Å². The van der Waals surface area contributed by atoms with Gasteiger partial charge in [0.15, 0.2) is 0 Å². The summed E-state index contributed by atoms with van der Waals surface area (Å²) in [5.41, 5.74) is 7.38. The number of ether oxygens (including phenoxy) is 1. The molecule has 0 aromatic heterocycles. The molecule has 0 amide bonds. The highest BCUT2D eigenvalue weighted by Crippen LogP contribution is 2.24. The van der Waals surface area contributed by atoms with Crippen molar-refractivity contribution in [1.82, 2.24) is 0 Å². The first-order valence-electron chi connectivity index (χ1n) is 6.25. The number of hydrogen-bond acceptors (Lipinski definition) is 2. The van der Waals surface area contributed by atoms with Crippen molar-refractivity contribution in [3.63, 3.8) is 0 Å². The molecule has 0 aliphatic heterocycles. The van der Waals surface area contributed by atoms with E-state index in [4.69, 9.17) is 10.5 Å². The summed E-state index contributed by atoms with van der Waals surface area (Å²) in [5, 5.41) is 0. The van der Waals surface area contributed by atoms with Crippen molar-refractivity contribution in [1.29, 1.82) is 0 Å². The van der Waals surface area contributed by atoms with Crippen molar-refractivity contribution in [2.45, 2.75) is 45.1 Å². The zero-order chi connectivity index (χ0) is 12.7. The monoisotopic (exact) mass is 299 g/mol. The number of rotatable bonds is 7. The smallest absolute Gasteiger partial charge is 0.119 e. The lowest BCUT2D eigenvalue weighted by molar-refractivity contribution is 0.414. The Balaban J connectivity index is 2.54. The van der Waals surface area contributed by atoms with Crippen LogP contribution in [-0.4, -0.2) is 13.2 Å². The number of methoxy groups -OCH3 is 1. The molecule has 0 aliphatic rings. The van der Waals surface area contributed by atoms with Crippen molar-refractivity contribution >= 4 is 15.9 Å². The third kappa shape index (κ3) is 5.09. The van der Waals surface area contributed by atoms with Crippen LogP contribution in [0.3, 0.4) is 0 Å². The van der Waals surface area contributed by atoms with E-state index in [9.17, 15) is 0 Å². The van der Waals surface area contributed by atoms with Gasteiger partial charge in [0.25, 0.3) is 0 Å². The minimum Gasteiger partial charge on any atom is -0.497 e. The molecule has 96 valence electrons. The highest BCUT2D eigenvalue weighted by atomic mass is 79.9. The van der Waals surface area contributed by atoms with E-state index < -0.39 is 0 Å². The van der Waals surface area contributed by atoms with E-state index in [2.05, 4.69) is 28.9 Å². The summed E-state index contributed by atoms with van der Waals surface area (Å²) in [7, 11) is 1.69. The first-order valence-corrected chi connectivity index (χ1v) is 7.04. The SMILES string of the molecule is CCCCCC(N)Cc1cc(OC)ccc1Br. The second-order valence-corrected chi connectivity index (χ2v) is 5.27. The van der Waals surface area contributed by atoms with Gasteiger partial charge in [0.2, 0.25) is 0 Å². The molecule has 0 spiro atoms. The van der Waals surface area contributed by atoms with Crippen LogP contribution in [0.2, 0.25) is 0 Å². The van der Waals surface area contributed by atoms with E-state index in [-0.39, 0.29) is 6.04 Å². The van der Waals surface area contributed by atoms with Crippen LogP contribution in [0.4, 0.5) is 0 Å². The molecule has 1 unspecified atom stereocenters. The molecular weight excluding hydrogens is 278 g/mol. The summed E-state index contributed by atoms with van der Waals surface area (Å²) >= 11 is 3.56. The van der Waals surface area contributed by atoms with Crippen LogP contribution < -0.4 is 10.5 Å². The van der Waals surface area contributed by atoms with Gasteiger partial charge in [-0.2, -0.15) is 0 Å². The molecule has 1 aromatic carbocycles. The summed E-state index contributed by atoms with van der Waals surface area (Å²) in [5.74, 6) is 0.893. The lowest BCUT2D eigenvalue weighted by Gasteiger charge is -2.13. The molecule has 0 saturated carbocycles. The van der Waals surface area contributed by atoms with Crippen LogP contribution in [0, 0.1) is 0 Å². The molecule has 1 aromatic rings. The second-order valence-electron chi connectivity index (χ2n) is 4.42. The van der Waals surface area contributed by atoms with Gasteiger partial charge in [-0.3, -0.25) is 0 Å². The van der Waals surface area contributed by atoms with Crippen LogP contribution in [0.5, 0.6) is 5.75 Å². The van der Waals surface area contributed by atoms with E-state index >= 15 is 0 Å². The minimum atomic E-state index is 0.241. The Bertz CT molecular complexity index is 341. The largest absolute Gasteiger partial charge is 0.497 e. The fraction of sp³-hybridized carbons (Fsp3) is 0.571. The molecule has 2 nitrogen and oxygen atoms in total. The number of nitrogens with two attached hydrogens (primary N) is 1. The molecule has 17 heavy (non-hydrogen) atoms. The zero-order valence-electron chi connectivity index (χ0n) is 10.7. The molecule has 1 rings (SSSR count). The van der Waals surface area contributed by atoms with E-state index in [0.29, 0.717) is 0 Å². The molecule has 0 aliphatic carbocycles. The quantitative estimate of drug-likeness (QED) is 0.775. The Hall–Kier alpha value is -0.540. The average Bonchev–Trinajstić information content (AvgIpc) is 2.32. The summed E-state index contributed by atoms with van der Waals surface area (Å²) in [6.45, 7) is 2.21. The van der Waals surface area contributed by atoms with Crippen LogP contribution in [0.25, 0.3) is 0 Å². The van der Waals surface area contributed by atoms with Crippen molar-refractivity contribution < 1.29 is 4.74 Å². The minimum absolute atomic E-state index is 0.241. The lowest BCUT2D eigenvalue weighted by Crippen LogP contribution is -2.22. The van der Waals surface area contributed by atoms with Crippen LogP contribution >= 0.6 is 15.9 Å². The van der Waals surface area contributed by atoms with E-state index in [0.717, 1.165) is 23.1 Å². The maximum Gasteiger partial charge on any atom is 0.119 e. The summed E-state index contributed by atoms with van der Waals surface area (Å²) < 4.78 is 6.34. The van der Waals surface area contributed by atoms with Crippen molar-refractivity contribution in [3.05, 3.63) is 28.2 Å². The molecule has 3 heteroatoms. The third-order valence-electron chi connectivity index (χ3n) is 2.91. The van der Waals surface area contributed by atoms with Gasteiger partial charge in [-0.05, 0) is 36.6 Å². The van der Waals surface area contributed by atoms with Crippen molar-refractivity contribution in [2.24, 2.45) is 5.73 Å². The summed E-state index contributed by atoms with van der Waals surface area (Å²) in [4.78, 5) is 0. The standard InChI is InChI=1S/C14H22BrNO/c1-3-4-5-6-12(16)9-11-10-13(17-2)7-8-14(11)15/h7-8,10,12H,3-6,9,16H2,1-2H3. The summed E-state index contributed by atoms with van der Waals surface area (Å²) in [6.07, 6.45) is 5.74. The van der Waals surface area contributed by atoms with Gasteiger partial charge in [-0.15, -0.1) is 0 Å². The van der Waals surface area contributed by atoms with Crippen molar-refractivity contribution in [3.8, 4) is 5.75 Å². The van der Waals surface area contributed by atoms with Crippen LogP contribution in [0.15, 0.2) is 22.7 Å². The van der Waals surface area contributed by atoms with Gasteiger partial charge >= 0.3 is 0 Å². The maximum atomic E-state index is 6.15. The van der Waals surface area contributed by atoms with Crippen LogP contribution in [0.1, 0.15) is 38.2 Å². The number of unbranched alkanes of at least 4 members (excludes halogenated alkanes) is 2. The Kier molecular flexibility index (Phi) is 6.60. The number of benzene rings is 1. The average molecular weight is 300 g/mol. The molecule has 1 atom stereocenters. The fourth-order valence-electron chi connectivity index (χ4n) is 1.88. The molecular formula is C14H22BrNO. The molecule has 0 heterocycles.